The van der Waals surface area contributed by atoms with Crippen molar-refractivity contribution in [3.8, 4) is 0 Å². The lowest BCUT2D eigenvalue weighted by atomic mass is 10.2. The molecule has 0 aliphatic heterocycles. The van der Waals surface area contributed by atoms with Crippen molar-refractivity contribution in [1.82, 2.24) is 0 Å². The van der Waals surface area contributed by atoms with E-state index in [1.54, 1.807) is 18.2 Å². The minimum Gasteiger partial charge on any atom is -0.463 e. The quantitative estimate of drug-likeness (QED) is 0.638. The Morgan fingerprint density at radius 3 is 2.95 bits per heavy atom. The molecule has 0 fully saturated rings. The van der Waals surface area contributed by atoms with E-state index in [-0.39, 0.29) is 11.0 Å². The molecule has 19 heavy (non-hydrogen) atoms. The minimum atomic E-state index is -0.635. The van der Waals surface area contributed by atoms with E-state index in [4.69, 9.17) is 9.15 Å². The molecule has 1 aromatic carbocycles. The first-order valence-electron chi connectivity index (χ1n) is 6.01. The van der Waals surface area contributed by atoms with Crippen LogP contribution in [0.1, 0.15) is 30.1 Å². The highest BCUT2D eigenvalue weighted by Crippen LogP contribution is 2.17. The third kappa shape index (κ3) is 3.04. The molecule has 4 nitrogen and oxygen atoms in total. The van der Waals surface area contributed by atoms with Crippen molar-refractivity contribution in [2.75, 3.05) is 6.61 Å². The zero-order chi connectivity index (χ0) is 13.8. The minimum absolute atomic E-state index is 0.0679. The number of rotatable bonds is 4. The van der Waals surface area contributed by atoms with Gasteiger partial charge < -0.3 is 9.15 Å². The molecule has 0 aliphatic rings. The fourth-order valence-corrected chi connectivity index (χ4v) is 1.99. The van der Waals surface area contributed by atoms with Crippen LogP contribution in [0.4, 0.5) is 0 Å². The number of fused-ring (bicyclic) bond motifs is 1. The van der Waals surface area contributed by atoms with Gasteiger partial charge >= 0.3 is 5.97 Å². The van der Waals surface area contributed by atoms with Gasteiger partial charge in [-0.05, 0) is 24.6 Å². The molecule has 0 N–H and O–H groups in total. The Balaban J connectivity index is 2.37. The van der Waals surface area contributed by atoms with Crippen LogP contribution in [0.5, 0.6) is 0 Å². The molecule has 0 aliphatic carbocycles. The molecule has 1 heterocycles. The van der Waals surface area contributed by atoms with Crippen molar-refractivity contribution in [2.24, 2.45) is 0 Å². The second-order valence-electron chi connectivity index (χ2n) is 4.11. The summed E-state index contributed by atoms with van der Waals surface area (Å²) in [6.45, 7) is 2.31. The maximum atomic E-state index is 12.2. The molecule has 0 atom stereocenters. The van der Waals surface area contributed by atoms with Crippen LogP contribution in [0.15, 0.2) is 38.1 Å². The first-order chi connectivity index (χ1) is 9.13. The van der Waals surface area contributed by atoms with Gasteiger partial charge in [-0.2, -0.15) is 0 Å². The molecule has 0 amide bonds. The van der Waals surface area contributed by atoms with Crippen LogP contribution in [0, 0.1) is 0 Å². The topological polar surface area (TPSA) is 56.5 Å². The molecule has 0 unspecified atom stereocenters. The van der Waals surface area contributed by atoms with Gasteiger partial charge in [-0.1, -0.05) is 29.3 Å². The molecule has 2 aromatic rings. The smallest absolute Gasteiger partial charge is 0.345 e. The van der Waals surface area contributed by atoms with Gasteiger partial charge in [0.25, 0.3) is 0 Å². The number of benzene rings is 1. The molecule has 0 saturated carbocycles. The van der Waals surface area contributed by atoms with Crippen LogP contribution in [-0.4, -0.2) is 12.6 Å². The number of unbranched alkanes of at least 4 members (excludes halogenated alkanes) is 1. The maximum absolute atomic E-state index is 12.2. The van der Waals surface area contributed by atoms with E-state index >= 15 is 0 Å². The molecule has 100 valence electrons. The fraction of sp³-hybridized carbons (Fsp3) is 0.286. The van der Waals surface area contributed by atoms with E-state index < -0.39 is 5.97 Å². The molecular weight excluding hydrogens is 312 g/mol. The highest BCUT2D eigenvalue weighted by atomic mass is 79.9. The van der Waals surface area contributed by atoms with E-state index in [0.717, 1.165) is 23.6 Å². The van der Waals surface area contributed by atoms with Gasteiger partial charge in [0.2, 0.25) is 5.43 Å². The molecule has 1 aromatic heterocycles. The average molecular weight is 325 g/mol. The molecular formula is C14H13BrO4. The zero-order valence-corrected chi connectivity index (χ0v) is 12.0. The second-order valence-corrected chi connectivity index (χ2v) is 5.02. The van der Waals surface area contributed by atoms with E-state index in [1.165, 1.54) is 0 Å². The SMILES string of the molecule is CCCCOC(=O)c1coc2ccc(Br)cc2c1=O. The maximum Gasteiger partial charge on any atom is 0.345 e. The summed E-state index contributed by atoms with van der Waals surface area (Å²) in [4.78, 5) is 23.9. The van der Waals surface area contributed by atoms with Gasteiger partial charge in [0.15, 0.2) is 0 Å². The number of esters is 1. The Bertz CT molecular complexity index is 660. The van der Waals surface area contributed by atoms with Crippen molar-refractivity contribution in [2.45, 2.75) is 19.8 Å². The Labute approximate surface area is 118 Å². The number of hydrogen-bond donors (Lipinski definition) is 0. The first-order valence-corrected chi connectivity index (χ1v) is 6.81. The third-order valence-electron chi connectivity index (χ3n) is 2.69. The third-order valence-corrected chi connectivity index (χ3v) is 3.18. The summed E-state index contributed by atoms with van der Waals surface area (Å²) in [5, 5.41) is 0.360. The van der Waals surface area contributed by atoms with Crippen molar-refractivity contribution in [1.29, 1.82) is 0 Å². The van der Waals surface area contributed by atoms with E-state index in [0.29, 0.717) is 17.6 Å². The van der Waals surface area contributed by atoms with Crippen molar-refractivity contribution in [3.05, 3.63) is 44.7 Å². The van der Waals surface area contributed by atoms with Crippen LogP contribution in [0.3, 0.4) is 0 Å². The molecule has 5 heteroatoms. The van der Waals surface area contributed by atoms with Crippen LogP contribution in [0.25, 0.3) is 11.0 Å². The van der Waals surface area contributed by atoms with Gasteiger partial charge in [0.05, 0.1) is 12.0 Å². The highest BCUT2D eigenvalue weighted by molar-refractivity contribution is 9.10. The van der Waals surface area contributed by atoms with Crippen LogP contribution < -0.4 is 5.43 Å². The summed E-state index contributed by atoms with van der Waals surface area (Å²) in [6, 6.07) is 5.07. The molecule has 0 bridgehead atoms. The Kier molecular flexibility index (Phi) is 4.37. The fourth-order valence-electron chi connectivity index (χ4n) is 1.63. The molecule has 0 radical (unpaired) electrons. The first kappa shape index (κ1) is 13.8. The molecule has 0 saturated heterocycles. The summed E-state index contributed by atoms with van der Waals surface area (Å²) in [5.74, 6) is -0.635. The van der Waals surface area contributed by atoms with E-state index in [2.05, 4.69) is 15.9 Å². The number of carbonyl (C=O) groups excluding carboxylic acids is 1. The van der Waals surface area contributed by atoms with Crippen molar-refractivity contribution >= 4 is 32.9 Å². The van der Waals surface area contributed by atoms with Gasteiger partial charge in [-0.15, -0.1) is 0 Å². The summed E-state index contributed by atoms with van der Waals surface area (Å²) in [7, 11) is 0. The Morgan fingerprint density at radius 2 is 2.21 bits per heavy atom. The van der Waals surface area contributed by atoms with Gasteiger partial charge in [-0.3, -0.25) is 4.79 Å². The number of halogens is 1. The van der Waals surface area contributed by atoms with Gasteiger partial charge in [0, 0.05) is 4.47 Å². The van der Waals surface area contributed by atoms with E-state index in [9.17, 15) is 9.59 Å². The largest absolute Gasteiger partial charge is 0.463 e. The summed E-state index contributed by atoms with van der Waals surface area (Å²) in [5.41, 5.74) is 0.00376. The number of carbonyl (C=O) groups is 1. The Morgan fingerprint density at radius 1 is 1.42 bits per heavy atom. The second kappa shape index (κ2) is 6.02. The number of hydrogen-bond acceptors (Lipinski definition) is 4. The van der Waals surface area contributed by atoms with Crippen LogP contribution >= 0.6 is 15.9 Å². The monoisotopic (exact) mass is 324 g/mol. The number of ether oxygens (including phenoxy) is 1. The molecule has 2 rings (SSSR count). The lowest BCUT2D eigenvalue weighted by Crippen LogP contribution is -2.17. The zero-order valence-electron chi connectivity index (χ0n) is 10.4. The van der Waals surface area contributed by atoms with Gasteiger partial charge in [-0.25, -0.2) is 4.79 Å². The lowest BCUT2D eigenvalue weighted by Gasteiger charge is -2.04. The molecule has 0 spiro atoms. The Hall–Kier alpha value is -1.62. The van der Waals surface area contributed by atoms with Gasteiger partial charge in [0.1, 0.15) is 17.4 Å². The van der Waals surface area contributed by atoms with Crippen molar-refractivity contribution in [3.63, 3.8) is 0 Å². The lowest BCUT2D eigenvalue weighted by molar-refractivity contribution is 0.0496. The standard InChI is InChI=1S/C14H13BrO4/c1-2-3-6-18-14(17)11-8-19-12-5-4-9(15)7-10(12)13(11)16/h4-5,7-8H,2-3,6H2,1H3. The average Bonchev–Trinajstić information content (AvgIpc) is 2.40. The summed E-state index contributed by atoms with van der Waals surface area (Å²) in [6.07, 6.45) is 2.86. The predicted molar refractivity (Wildman–Crippen MR) is 75.4 cm³/mol. The van der Waals surface area contributed by atoms with Crippen LogP contribution in [-0.2, 0) is 4.74 Å². The van der Waals surface area contributed by atoms with Crippen LogP contribution in [0.2, 0.25) is 0 Å². The highest BCUT2D eigenvalue weighted by Gasteiger charge is 2.15. The normalized spacial score (nSPS) is 10.6. The summed E-state index contributed by atoms with van der Waals surface area (Å²) < 4.78 is 11.1. The van der Waals surface area contributed by atoms with E-state index in [1.807, 2.05) is 6.92 Å². The predicted octanol–water partition coefficient (Wildman–Crippen LogP) is 3.51. The summed E-state index contributed by atoms with van der Waals surface area (Å²) >= 11 is 3.28. The van der Waals surface area contributed by atoms with Crippen molar-refractivity contribution < 1.29 is 13.9 Å².